The summed E-state index contributed by atoms with van der Waals surface area (Å²) in [6, 6.07) is 7.34. The fourth-order valence-corrected chi connectivity index (χ4v) is 3.32. The van der Waals surface area contributed by atoms with Crippen LogP contribution < -0.4 is 10.6 Å². The Labute approximate surface area is 171 Å². The Morgan fingerprint density at radius 2 is 1.93 bits per heavy atom. The highest BCUT2D eigenvalue weighted by atomic mass is 19.4. The first-order valence-electron chi connectivity index (χ1n) is 10.2. The number of nitrogens with one attached hydrogen (secondary N) is 2. The van der Waals surface area contributed by atoms with Crippen molar-refractivity contribution in [3.05, 3.63) is 35.4 Å². The van der Waals surface area contributed by atoms with Gasteiger partial charge in [0.1, 0.15) is 6.61 Å². The van der Waals surface area contributed by atoms with Crippen LogP contribution in [0.1, 0.15) is 37.3 Å². The van der Waals surface area contributed by atoms with Crippen LogP contribution >= 0.6 is 0 Å². The first-order chi connectivity index (χ1) is 13.9. The summed E-state index contributed by atoms with van der Waals surface area (Å²) in [6.07, 6.45) is -0.668. The Balaban J connectivity index is 1.66. The molecule has 164 valence electrons. The first-order valence-corrected chi connectivity index (χ1v) is 10.2. The topological polar surface area (TPSA) is 48.9 Å². The maximum absolute atomic E-state index is 12.2. The predicted octanol–water partition coefficient (Wildman–Crippen LogP) is 3.55. The van der Waals surface area contributed by atoms with Gasteiger partial charge in [0.15, 0.2) is 5.96 Å². The molecule has 1 saturated heterocycles. The minimum absolute atomic E-state index is 0.0599. The van der Waals surface area contributed by atoms with Crippen molar-refractivity contribution in [3.8, 4) is 0 Å². The van der Waals surface area contributed by atoms with Gasteiger partial charge in [-0.1, -0.05) is 31.2 Å². The Morgan fingerprint density at radius 3 is 2.62 bits per heavy atom. The average molecular weight is 415 g/mol. The van der Waals surface area contributed by atoms with Gasteiger partial charge < -0.3 is 20.3 Å². The van der Waals surface area contributed by atoms with Crippen molar-refractivity contribution >= 4 is 5.96 Å². The second kappa shape index (κ2) is 12.0. The minimum atomic E-state index is -4.30. The summed E-state index contributed by atoms with van der Waals surface area (Å²) in [5, 5.41) is 6.56. The SMILES string of the molecule is CN=C(NCCCN1CCC(C)CC1)NCc1cccc(COCC(F)(F)F)c1. The zero-order valence-corrected chi connectivity index (χ0v) is 17.4. The van der Waals surface area contributed by atoms with E-state index in [0.29, 0.717) is 12.1 Å². The smallest absolute Gasteiger partial charge is 0.367 e. The highest BCUT2D eigenvalue weighted by Gasteiger charge is 2.27. The van der Waals surface area contributed by atoms with E-state index >= 15 is 0 Å². The summed E-state index contributed by atoms with van der Waals surface area (Å²) >= 11 is 0. The van der Waals surface area contributed by atoms with E-state index in [9.17, 15) is 13.2 Å². The number of ether oxygens (including phenoxy) is 1. The van der Waals surface area contributed by atoms with Gasteiger partial charge in [-0.25, -0.2) is 0 Å². The lowest BCUT2D eigenvalue weighted by molar-refractivity contribution is -0.176. The van der Waals surface area contributed by atoms with E-state index in [2.05, 4.69) is 27.4 Å². The molecule has 5 nitrogen and oxygen atoms in total. The fourth-order valence-electron chi connectivity index (χ4n) is 3.32. The third-order valence-corrected chi connectivity index (χ3v) is 5.03. The molecule has 0 aliphatic carbocycles. The number of guanidine groups is 1. The third kappa shape index (κ3) is 9.99. The number of nitrogens with zero attached hydrogens (tertiary/aromatic N) is 2. The molecule has 1 fully saturated rings. The Hall–Kier alpha value is -1.80. The summed E-state index contributed by atoms with van der Waals surface area (Å²) < 4.78 is 41.3. The number of aliphatic imine (C=N–C) groups is 1. The van der Waals surface area contributed by atoms with Gasteiger partial charge in [0.05, 0.1) is 6.61 Å². The monoisotopic (exact) mass is 414 g/mol. The van der Waals surface area contributed by atoms with Crippen LogP contribution in [0.3, 0.4) is 0 Å². The molecule has 1 aliphatic heterocycles. The van der Waals surface area contributed by atoms with Crippen LogP contribution in [0.2, 0.25) is 0 Å². The van der Waals surface area contributed by atoms with Gasteiger partial charge in [0, 0.05) is 20.1 Å². The van der Waals surface area contributed by atoms with Crippen molar-refractivity contribution < 1.29 is 17.9 Å². The molecular weight excluding hydrogens is 381 g/mol. The molecule has 29 heavy (non-hydrogen) atoms. The van der Waals surface area contributed by atoms with E-state index in [0.717, 1.165) is 37.0 Å². The van der Waals surface area contributed by atoms with Gasteiger partial charge in [0.2, 0.25) is 0 Å². The second-order valence-corrected chi connectivity index (χ2v) is 7.66. The number of alkyl halides is 3. The zero-order chi connectivity index (χ0) is 21.1. The van der Waals surface area contributed by atoms with Gasteiger partial charge in [-0.05, 0) is 55.9 Å². The highest BCUT2D eigenvalue weighted by molar-refractivity contribution is 5.79. The maximum atomic E-state index is 12.2. The van der Waals surface area contributed by atoms with Crippen molar-refractivity contribution in [2.24, 2.45) is 10.9 Å². The molecule has 0 saturated carbocycles. The van der Waals surface area contributed by atoms with E-state index in [1.165, 1.54) is 25.9 Å². The average Bonchev–Trinajstić information content (AvgIpc) is 2.68. The number of benzene rings is 1. The lowest BCUT2D eigenvalue weighted by Gasteiger charge is -2.30. The Bertz CT molecular complexity index is 629. The molecule has 0 unspecified atom stereocenters. The fraction of sp³-hybridized carbons (Fsp3) is 0.667. The number of likely N-dealkylation sites (tertiary alicyclic amines) is 1. The van der Waals surface area contributed by atoms with E-state index in [1.54, 1.807) is 13.1 Å². The maximum Gasteiger partial charge on any atom is 0.411 e. The molecule has 0 aromatic heterocycles. The van der Waals surface area contributed by atoms with Crippen molar-refractivity contribution in [3.63, 3.8) is 0 Å². The van der Waals surface area contributed by atoms with E-state index < -0.39 is 12.8 Å². The highest BCUT2D eigenvalue weighted by Crippen LogP contribution is 2.16. The number of rotatable bonds is 9. The summed E-state index contributed by atoms with van der Waals surface area (Å²) in [5.74, 6) is 1.57. The van der Waals surface area contributed by atoms with Gasteiger partial charge in [-0.3, -0.25) is 4.99 Å². The summed E-state index contributed by atoms with van der Waals surface area (Å²) in [6.45, 7) is 5.89. The number of hydrogen-bond donors (Lipinski definition) is 2. The zero-order valence-electron chi connectivity index (χ0n) is 17.4. The van der Waals surface area contributed by atoms with Crippen molar-refractivity contribution in [1.29, 1.82) is 0 Å². The Morgan fingerprint density at radius 1 is 1.21 bits per heavy atom. The standard InChI is InChI=1S/C21H33F3N4O/c1-17-7-11-28(12-8-17)10-4-9-26-20(25-2)27-14-18-5-3-6-19(13-18)15-29-16-21(22,23)24/h3,5-6,13,17H,4,7-12,14-16H2,1-2H3,(H2,25,26,27). The number of hydrogen-bond acceptors (Lipinski definition) is 3. The molecule has 0 atom stereocenters. The predicted molar refractivity (Wildman–Crippen MR) is 110 cm³/mol. The molecule has 1 aromatic carbocycles. The van der Waals surface area contributed by atoms with Crippen LogP contribution in [0.5, 0.6) is 0 Å². The molecule has 8 heteroatoms. The molecule has 1 aromatic rings. The largest absolute Gasteiger partial charge is 0.411 e. The van der Waals surface area contributed by atoms with Crippen LogP contribution in [0, 0.1) is 5.92 Å². The molecule has 0 bridgehead atoms. The van der Waals surface area contributed by atoms with Crippen molar-refractivity contribution in [2.45, 2.75) is 45.5 Å². The Kier molecular flexibility index (Phi) is 9.73. The first kappa shape index (κ1) is 23.5. The van der Waals surface area contributed by atoms with Crippen LogP contribution in [-0.4, -0.2) is 56.9 Å². The molecule has 0 spiro atoms. The molecule has 2 N–H and O–H groups in total. The third-order valence-electron chi connectivity index (χ3n) is 5.03. The number of piperidine rings is 1. The van der Waals surface area contributed by atoms with Gasteiger partial charge >= 0.3 is 6.18 Å². The van der Waals surface area contributed by atoms with E-state index in [4.69, 9.17) is 4.74 Å². The molecular formula is C21H33F3N4O. The molecule has 1 aliphatic rings. The van der Waals surface area contributed by atoms with E-state index in [-0.39, 0.29) is 6.61 Å². The number of halogens is 3. The van der Waals surface area contributed by atoms with Gasteiger partial charge in [-0.2, -0.15) is 13.2 Å². The van der Waals surface area contributed by atoms with Crippen LogP contribution in [0.25, 0.3) is 0 Å². The second-order valence-electron chi connectivity index (χ2n) is 7.66. The summed E-state index contributed by atoms with van der Waals surface area (Å²) in [5.41, 5.74) is 1.68. The van der Waals surface area contributed by atoms with E-state index in [1.807, 2.05) is 18.2 Å². The normalized spacial score (nSPS) is 16.8. The van der Waals surface area contributed by atoms with Gasteiger partial charge in [-0.15, -0.1) is 0 Å². The minimum Gasteiger partial charge on any atom is -0.367 e. The molecule has 0 radical (unpaired) electrons. The van der Waals surface area contributed by atoms with Crippen molar-refractivity contribution in [2.75, 3.05) is 39.8 Å². The molecule has 2 rings (SSSR count). The molecule has 1 heterocycles. The van der Waals surface area contributed by atoms with Crippen LogP contribution in [-0.2, 0) is 17.9 Å². The summed E-state index contributed by atoms with van der Waals surface area (Å²) in [4.78, 5) is 6.75. The summed E-state index contributed by atoms with van der Waals surface area (Å²) in [7, 11) is 1.72. The molecule has 0 amide bonds. The lowest BCUT2D eigenvalue weighted by Crippen LogP contribution is -2.39. The quantitative estimate of drug-likeness (QED) is 0.369. The van der Waals surface area contributed by atoms with Gasteiger partial charge in [0.25, 0.3) is 0 Å². The van der Waals surface area contributed by atoms with Crippen molar-refractivity contribution in [1.82, 2.24) is 15.5 Å². The van der Waals surface area contributed by atoms with Crippen LogP contribution in [0.4, 0.5) is 13.2 Å². The lowest BCUT2D eigenvalue weighted by atomic mass is 9.99. The van der Waals surface area contributed by atoms with Crippen LogP contribution in [0.15, 0.2) is 29.3 Å².